The molecule has 0 saturated carbocycles. The molecule has 0 aliphatic heterocycles. The van der Waals surface area contributed by atoms with Crippen LogP contribution in [-0.2, 0) is 6.54 Å². The lowest BCUT2D eigenvalue weighted by molar-refractivity contribution is 0.602. The topological polar surface area (TPSA) is 70.9 Å². The molecule has 0 aliphatic rings. The maximum atomic E-state index is 12.1. The molecule has 4 N–H and O–H groups in total. The van der Waals surface area contributed by atoms with Gasteiger partial charge in [0.2, 0.25) is 0 Å². The van der Waals surface area contributed by atoms with E-state index in [0.29, 0.717) is 6.54 Å². The van der Waals surface area contributed by atoms with Crippen molar-refractivity contribution in [2.75, 3.05) is 13.1 Å². The Hall–Kier alpha value is -1.07. The fraction of sp³-hybridized carbons (Fsp3) is 0.438. The summed E-state index contributed by atoms with van der Waals surface area (Å²) in [5, 5.41) is 4.11. The molecule has 0 unspecified atom stereocenters. The zero-order valence-electron chi connectivity index (χ0n) is 12.9. The molecule has 0 saturated heterocycles. The molecule has 4 nitrogen and oxygen atoms in total. The van der Waals surface area contributed by atoms with Crippen LogP contribution in [-0.4, -0.2) is 18.1 Å². The summed E-state index contributed by atoms with van der Waals surface area (Å²) in [4.78, 5) is 15.4. The Kier molecular flexibility index (Phi) is 10.1. The van der Waals surface area contributed by atoms with Crippen molar-refractivity contribution in [3.8, 4) is 0 Å². The smallest absolute Gasteiger partial charge is 0.189 e. The molecular formula is C16H25Cl2N3O. The van der Waals surface area contributed by atoms with Crippen LogP contribution in [0.4, 0.5) is 0 Å². The molecule has 0 spiro atoms. The zero-order chi connectivity index (χ0) is 14.4. The first kappa shape index (κ1) is 20.9. The molecule has 2 rings (SSSR count). The SMILES string of the molecule is Cc1ccc2[nH]c(CNCCCCCN)cc(=O)c2c1.Cl.Cl. The first-order chi connectivity index (χ1) is 9.70. The van der Waals surface area contributed by atoms with Crippen molar-refractivity contribution in [1.82, 2.24) is 10.3 Å². The molecule has 0 bridgehead atoms. The molecule has 0 atom stereocenters. The van der Waals surface area contributed by atoms with Gasteiger partial charge in [-0.25, -0.2) is 0 Å². The molecule has 0 amide bonds. The van der Waals surface area contributed by atoms with E-state index in [2.05, 4.69) is 10.3 Å². The maximum absolute atomic E-state index is 12.1. The van der Waals surface area contributed by atoms with Gasteiger partial charge in [-0.05, 0) is 45.0 Å². The highest BCUT2D eigenvalue weighted by molar-refractivity contribution is 5.85. The highest BCUT2D eigenvalue weighted by Crippen LogP contribution is 2.10. The molecule has 1 aromatic heterocycles. The summed E-state index contributed by atoms with van der Waals surface area (Å²) < 4.78 is 0. The second kappa shape index (κ2) is 10.6. The maximum Gasteiger partial charge on any atom is 0.189 e. The van der Waals surface area contributed by atoms with Crippen LogP contribution in [0.3, 0.4) is 0 Å². The molecule has 22 heavy (non-hydrogen) atoms. The Morgan fingerprint density at radius 2 is 1.91 bits per heavy atom. The van der Waals surface area contributed by atoms with Gasteiger partial charge in [-0.2, -0.15) is 0 Å². The fourth-order valence-electron chi connectivity index (χ4n) is 2.31. The Morgan fingerprint density at radius 3 is 2.64 bits per heavy atom. The number of benzene rings is 1. The number of aryl methyl sites for hydroxylation is 1. The third-order valence-electron chi connectivity index (χ3n) is 3.41. The lowest BCUT2D eigenvalue weighted by Gasteiger charge is -2.07. The van der Waals surface area contributed by atoms with Crippen LogP contribution in [0.25, 0.3) is 10.9 Å². The van der Waals surface area contributed by atoms with Crippen molar-refractivity contribution >= 4 is 35.7 Å². The molecule has 1 aromatic carbocycles. The fourth-order valence-corrected chi connectivity index (χ4v) is 2.31. The van der Waals surface area contributed by atoms with Crippen LogP contribution < -0.4 is 16.5 Å². The molecule has 0 radical (unpaired) electrons. The number of H-pyrrole nitrogens is 1. The number of aromatic amines is 1. The van der Waals surface area contributed by atoms with Crippen molar-refractivity contribution < 1.29 is 0 Å². The van der Waals surface area contributed by atoms with Gasteiger partial charge in [0.15, 0.2) is 5.43 Å². The van der Waals surface area contributed by atoms with Crippen LogP contribution in [0.1, 0.15) is 30.5 Å². The van der Waals surface area contributed by atoms with Crippen LogP contribution in [0.5, 0.6) is 0 Å². The average molecular weight is 346 g/mol. The van der Waals surface area contributed by atoms with Crippen molar-refractivity contribution in [3.63, 3.8) is 0 Å². The summed E-state index contributed by atoms with van der Waals surface area (Å²) in [6, 6.07) is 7.60. The number of rotatable bonds is 7. The van der Waals surface area contributed by atoms with Gasteiger partial charge in [-0.3, -0.25) is 4.79 Å². The molecule has 0 fully saturated rings. The Bertz CT molecular complexity index is 628. The monoisotopic (exact) mass is 345 g/mol. The highest BCUT2D eigenvalue weighted by Gasteiger charge is 2.02. The van der Waals surface area contributed by atoms with Crippen LogP contribution in [0.2, 0.25) is 0 Å². The number of pyridine rings is 1. The number of nitrogens with two attached hydrogens (primary N) is 1. The number of fused-ring (bicyclic) bond motifs is 1. The number of nitrogens with one attached hydrogen (secondary N) is 2. The summed E-state index contributed by atoms with van der Waals surface area (Å²) in [5.41, 5.74) is 8.49. The Labute approximate surface area is 143 Å². The Balaban J connectivity index is 0.00000220. The normalized spacial score (nSPS) is 10.1. The second-order valence-electron chi connectivity index (χ2n) is 5.23. The van der Waals surface area contributed by atoms with E-state index in [9.17, 15) is 4.79 Å². The van der Waals surface area contributed by atoms with Crippen molar-refractivity contribution in [2.45, 2.75) is 32.7 Å². The van der Waals surface area contributed by atoms with Crippen LogP contribution in [0, 0.1) is 6.92 Å². The number of halogens is 2. The number of hydrogen-bond donors (Lipinski definition) is 3. The molecule has 124 valence electrons. The lowest BCUT2D eigenvalue weighted by Crippen LogP contribution is -2.17. The van der Waals surface area contributed by atoms with E-state index in [1.807, 2.05) is 25.1 Å². The number of unbranched alkanes of at least 4 members (excludes halogenated alkanes) is 2. The standard InChI is InChI=1S/C16H23N3O.2ClH/c1-12-5-6-15-14(9-12)16(20)10-13(19-15)11-18-8-4-2-3-7-17;;/h5-6,9-10,18H,2-4,7-8,11,17H2,1H3,(H,19,20);2*1H. The van der Waals surface area contributed by atoms with Gasteiger partial charge in [0.25, 0.3) is 0 Å². The summed E-state index contributed by atoms with van der Waals surface area (Å²) in [6.45, 7) is 4.41. The van der Waals surface area contributed by atoms with Gasteiger partial charge in [-0.1, -0.05) is 18.1 Å². The third-order valence-corrected chi connectivity index (χ3v) is 3.41. The summed E-state index contributed by atoms with van der Waals surface area (Å²) in [7, 11) is 0. The average Bonchev–Trinajstić information content (AvgIpc) is 2.43. The van der Waals surface area contributed by atoms with Gasteiger partial charge >= 0.3 is 0 Å². The minimum Gasteiger partial charge on any atom is -0.357 e. The highest BCUT2D eigenvalue weighted by atomic mass is 35.5. The third kappa shape index (κ3) is 5.97. The van der Waals surface area contributed by atoms with Crippen LogP contribution in [0.15, 0.2) is 29.1 Å². The minimum absolute atomic E-state index is 0. The quantitative estimate of drug-likeness (QED) is 0.675. The first-order valence-electron chi connectivity index (χ1n) is 7.24. The molecule has 2 aromatic rings. The predicted molar refractivity (Wildman–Crippen MR) is 98.4 cm³/mol. The zero-order valence-corrected chi connectivity index (χ0v) is 14.5. The van der Waals surface area contributed by atoms with E-state index < -0.39 is 0 Å². The predicted octanol–water partition coefficient (Wildman–Crippen LogP) is 2.90. The van der Waals surface area contributed by atoms with E-state index in [1.165, 1.54) is 0 Å². The van der Waals surface area contributed by atoms with E-state index >= 15 is 0 Å². The van der Waals surface area contributed by atoms with E-state index in [4.69, 9.17) is 5.73 Å². The van der Waals surface area contributed by atoms with Crippen molar-refractivity contribution in [1.29, 1.82) is 0 Å². The van der Waals surface area contributed by atoms with Crippen LogP contribution >= 0.6 is 24.8 Å². The van der Waals surface area contributed by atoms with Gasteiger partial charge in [-0.15, -0.1) is 24.8 Å². The number of hydrogen-bond acceptors (Lipinski definition) is 3. The van der Waals surface area contributed by atoms with E-state index in [1.54, 1.807) is 6.07 Å². The molecule has 0 aliphatic carbocycles. The van der Waals surface area contributed by atoms with Gasteiger partial charge in [0.1, 0.15) is 0 Å². The van der Waals surface area contributed by atoms with Gasteiger partial charge in [0, 0.05) is 29.2 Å². The van der Waals surface area contributed by atoms with E-state index in [0.717, 1.165) is 54.5 Å². The first-order valence-corrected chi connectivity index (χ1v) is 7.24. The molecule has 6 heteroatoms. The van der Waals surface area contributed by atoms with Crippen molar-refractivity contribution in [3.05, 3.63) is 45.7 Å². The summed E-state index contributed by atoms with van der Waals surface area (Å²) in [6.07, 6.45) is 3.35. The van der Waals surface area contributed by atoms with Crippen molar-refractivity contribution in [2.24, 2.45) is 5.73 Å². The summed E-state index contributed by atoms with van der Waals surface area (Å²) >= 11 is 0. The Morgan fingerprint density at radius 1 is 1.14 bits per heavy atom. The van der Waals surface area contributed by atoms with E-state index in [-0.39, 0.29) is 30.2 Å². The molecular weight excluding hydrogens is 321 g/mol. The van der Waals surface area contributed by atoms with Gasteiger partial charge < -0.3 is 16.0 Å². The molecule has 1 heterocycles. The summed E-state index contributed by atoms with van der Waals surface area (Å²) in [5.74, 6) is 0. The second-order valence-corrected chi connectivity index (χ2v) is 5.23. The van der Waals surface area contributed by atoms with Gasteiger partial charge in [0.05, 0.1) is 0 Å². The number of aromatic nitrogens is 1. The lowest BCUT2D eigenvalue weighted by atomic mass is 10.1. The minimum atomic E-state index is 0. The largest absolute Gasteiger partial charge is 0.357 e.